The molecule has 0 spiro atoms. The van der Waals surface area contributed by atoms with Crippen LogP contribution < -0.4 is 4.72 Å². The number of carbonyl (C=O) groups excluding carboxylic acids is 1. The van der Waals surface area contributed by atoms with E-state index in [1.807, 2.05) is 0 Å². The Morgan fingerprint density at radius 3 is 2.43 bits per heavy atom. The van der Waals surface area contributed by atoms with Gasteiger partial charge in [-0.15, -0.1) is 0 Å². The Morgan fingerprint density at radius 1 is 1.22 bits per heavy atom. The van der Waals surface area contributed by atoms with E-state index in [9.17, 15) is 22.4 Å². The molecule has 7 nitrogen and oxygen atoms in total. The number of aromatic carboxylic acids is 1. The topological polar surface area (TPSA) is 104 Å². The van der Waals surface area contributed by atoms with Crippen LogP contribution in [0.4, 0.5) is 4.39 Å². The zero-order chi connectivity index (χ0) is 17.0. The molecule has 0 aliphatic carbocycles. The molecule has 1 aliphatic heterocycles. The first kappa shape index (κ1) is 17.4. The largest absolute Gasteiger partial charge is 0.478 e. The van der Waals surface area contributed by atoms with Crippen molar-refractivity contribution in [1.29, 1.82) is 0 Å². The zero-order valence-corrected chi connectivity index (χ0v) is 13.1. The van der Waals surface area contributed by atoms with Crippen molar-refractivity contribution in [3.05, 3.63) is 29.6 Å². The first-order valence-electron chi connectivity index (χ1n) is 7.11. The second-order valence-corrected chi connectivity index (χ2v) is 6.98. The number of nitrogens with one attached hydrogen (secondary N) is 1. The number of hydrogen-bond acceptors (Lipinski definition) is 4. The third kappa shape index (κ3) is 4.26. The van der Waals surface area contributed by atoms with Gasteiger partial charge in [0.1, 0.15) is 5.82 Å². The van der Waals surface area contributed by atoms with Gasteiger partial charge in [-0.25, -0.2) is 22.3 Å². The van der Waals surface area contributed by atoms with Crippen LogP contribution in [0.1, 0.15) is 29.6 Å². The second-order valence-electron chi connectivity index (χ2n) is 5.21. The first-order valence-corrected chi connectivity index (χ1v) is 8.60. The smallest absolute Gasteiger partial charge is 0.338 e. The predicted molar refractivity (Wildman–Crippen MR) is 79.0 cm³/mol. The standard InChI is InChI=1S/C14H17FN2O5S/c15-12-8-10(4-5-11(12)14(19)20)23(21,22)16-9-13(18)17-6-2-1-3-7-17/h4-5,8,16H,1-3,6-7,9H2,(H,19,20). The molecule has 0 atom stereocenters. The number of hydrogen-bond donors (Lipinski definition) is 2. The lowest BCUT2D eigenvalue weighted by atomic mass is 10.1. The van der Waals surface area contributed by atoms with Crippen molar-refractivity contribution in [3.63, 3.8) is 0 Å². The lowest BCUT2D eigenvalue weighted by Gasteiger charge is -2.26. The normalized spacial score (nSPS) is 15.4. The molecule has 126 valence electrons. The first-order chi connectivity index (χ1) is 10.8. The Morgan fingerprint density at radius 2 is 1.87 bits per heavy atom. The SMILES string of the molecule is O=C(O)c1ccc(S(=O)(=O)NCC(=O)N2CCCCC2)cc1F. The Balaban J connectivity index is 2.05. The van der Waals surface area contributed by atoms with E-state index in [-0.39, 0.29) is 5.91 Å². The quantitative estimate of drug-likeness (QED) is 0.823. The van der Waals surface area contributed by atoms with Crippen LogP contribution in [0, 0.1) is 5.82 Å². The molecule has 9 heteroatoms. The van der Waals surface area contributed by atoms with E-state index >= 15 is 0 Å². The number of carboxylic acid groups (broad SMARTS) is 1. The molecule has 1 heterocycles. The highest BCUT2D eigenvalue weighted by molar-refractivity contribution is 7.89. The van der Waals surface area contributed by atoms with Gasteiger partial charge in [0.25, 0.3) is 0 Å². The van der Waals surface area contributed by atoms with Crippen molar-refractivity contribution in [2.24, 2.45) is 0 Å². The molecule has 0 saturated carbocycles. The number of sulfonamides is 1. The molecule has 0 radical (unpaired) electrons. The van der Waals surface area contributed by atoms with Gasteiger partial charge >= 0.3 is 5.97 Å². The van der Waals surface area contributed by atoms with Crippen molar-refractivity contribution >= 4 is 21.9 Å². The molecule has 2 rings (SSSR count). The average Bonchev–Trinajstić information content (AvgIpc) is 2.53. The second kappa shape index (κ2) is 7.05. The van der Waals surface area contributed by atoms with E-state index in [1.54, 1.807) is 4.90 Å². The van der Waals surface area contributed by atoms with Gasteiger partial charge in [-0.05, 0) is 37.5 Å². The molecule has 1 fully saturated rings. The van der Waals surface area contributed by atoms with Gasteiger partial charge in [-0.1, -0.05) is 0 Å². The summed E-state index contributed by atoms with van der Waals surface area (Å²) in [6.07, 6.45) is 2.82. The van der Waals surface area contributed by atoms with Crippen LogP contribution in [0.3, 0.4) is 0 Å². The molecule has 1 saturated heterocycles. The fourth-order valence-electron chi connectivity index (χ4n) is 2.33. The highest BCUT2D eigenvalue weighted by Crippen LogP contribution is 2.15. The predicted octanol–water partition coefficient (Wildman–Crippen LogP) is 0.815. The number of halogens is 1. The summed E-state index contributed by atoms with van der Waals surface area (Å²) in [6.45, 7) is 0.787. The van der Waals surface area contributed by atoms with Gasteiger partial charge in [-0.2, -0.15) is 0 Å². The molecule has 1 aromatic rings. The molecule has 1 aromatic carbocycles. The number of rotatable bonds is 5. The summed E-state index contributed by atoms with van der Waals surface area (Å²) < 4.78 is 39.8. The van der Waals surface area contributed by atoms with E-state index in [0.29, 0.717) is 19.2 Å². The summed E-state index contributed by atoms with van der Waals surface area (Å²) in [5, 5.41) is 8.72. The lowest BCUT2D eigenvalue weighted by molar-refractivity contribution is -0.130. The van der Waals surface area contributed by atoms with Gasteiger partial charge in [-0.3, -0.25) is 4.79 Å². The van der Waals surface area contributed by atoms with Crippen LogP contribution in [0.25, 0.3) is 0 Å². The number of amides is 1. The summed E-state index contributed by atoms with van der Waals surface area (Å²) in [7, 11) is -4.09. The molecular formula is C14H17FN2O5S. The monoisotopic (exact) mass is 344 g/mol. The summed E-state index contributed by atoms with van der Waals surface area (Å²) >= 11 is 0. The van der Waals surface area contributed by atoms with Crippen LogP contribution in [0.15, 0.2) is 23.1 Å². The Kier molecular flexibility index (Phi) is 5.32. The van der Waals surface area contributed by atoms with Crippen LogP contribution in [-0.4, -0.2) is 49.9 Å². The molecule has 1 amide bonds. The highest BCUT2D eigenvalue weighted by Gasteiger charge is 2.22. The van der Waals surface area contributed by atoms with Crippen molar-refractivity contribution in [1.82, 2.24) is 9.62 Å². The number of carboxylic acids is 1. The van der Waals surface area contributed by atoms with Crippen LogP contribution in [0.2, 0.25) is 0 Å². The number of piperidine rings is 1. The van der Waals surface area contributed by atoms with Crippen molar-refractivity contribution < 1.29 is 27.5 Å². The third-order valence-corrected chi connectivity index (χ3v) is 5.00. The Bertz CT molecular complexity index is 714. The average molecular weight is 344 g/mol. The Hall–Kier alpha value is -2.00. The zero-order valence-electron chi connectivity index (χ0n) is 12.3. The van der Waals surface area contributed by atoms with E-state index in [1.165, 1.54) is 0 Å². The molecule has 23 heavy (non-hydrogen) atoms. The minimum absolute atomic E-state index is 0.337. The van der Waals surface area contributed by atoms with E-state index in [2.05, 4.69) is 4.72 Å². The summed E-state index contributed by atoms with van der Waals surface area (Å²) in [5.41, 5.74) is -0.617. The molecule has 1 aliphatic rings. The number of nitrogens with zero attached hydrogens (tertiary/aromatic N) is 1. The fourth-order valence-corrected chi connectivity index (χ4v) is 3.32. The van der Waals surface area contributed by atoms with Gasteiger partial charge in [0.15, 0.2) is 0 Å². The maximum absolute atomic E-state index is 13.6. The van der Waals surface area contributed by atoms with Crippen LogP contribution >= 0.6 is 0 Å². The molecular weight excluding hydrogens is 327 g/mol. The van der Waals surface area contributed by atoms with Crippen LogP contribution in [0.5, 0.6) is 0 Å². The Labute approximate surface area is 133 Å². The fraction of sp³-hybridized carbons (Fsp3) is 0.429. The maximum atomic E-state index is 13.6. The van der Waals surface area contributed by atoms with E-state index in [4.69, 9.17) is 5.11 Å². The minimum atomic E-state index is -4.09. The van der Waals surface area contributed by atoms with Gasteiger partial charge in [0.2, 0.25) is 15.9 Å². The minimum Gasteiger partial charge on any atom is -0.478 e. The van der Waals surface area contributed by atoms with E-state index in [0.717, 1.165) is 31.4 Å². The van der Waals surface area contributed by atoms with Crippen molar-refractivity contribution in [2.45, 2.75) is 24.2 Å². The van der Waals surface area contributed by atoms with Gasteiger partial charge in [0, 0.05) is 13.1 Å². The number of carbonyl (C=O) groups is 2. The lowest BCUT2D eigenvalue weighted by Crippen LogP contribution is -2.42. The molecule has 0 unspecified atom stereocenters. The van der Waals surface area contributed by atoms with Gasteiger partial charge < -0.3 is 10.0 Å². The van der Waals surface area contributed by atoms with Crippen LogP contribution in [-0.2, 0) is 14.8 Å². The molecule has 2 N–H and O–H groups in total. The van der Waals surface area contributed by atoms with Crippen molar-refractivity contribution in [2.75, 3.05) is 19.6 Å². The third-order valence-electron chi connectivity index (χ3n) is 3.60. The summed E-state index contributed by atoms with van der Waals surface area (Å²) in [6, 6.07) is 2.48. The maximum Gasteiger partial charge on any atom is 0.338 e. The summed E-state index contributed by atoms with van der Waals surface area (Å²) in [4.78, 5) is 23.8. The summed E-state index contributed by atoms with van der Waals surface area (Å²) in [5.74, 6) is -2.97. The molecule has 0 aromatic heterocycles. The van der Waals surface area contributed by atoms with Gasteiger partial charge in [0.05, 0.1) is 17.0 Å². The molecule has 0 bridgehead atoms. The number of likely N-dealkylation sites (tertiary alicyclic amines) is 1. The number of benzene rings is 1. The highest BCUT2D eigenvalue weighted by atomic mass is 32.2. The van der Waals surface area contributed by atoms with E-state index < -0.39 is 38.8 Å². The van der Waals surface area contributed by atoms with Crippen molar-refractivity contribution in [3.8, 4) is 0 Å².